The number of anilines is 3. The molecule has 8 aromatic carbocycles. The first-order valence-electron chi connectivity index (χ1n) is 21.4. The van der Waals surface area contributed by atoms with Crippen molar-refractivity contribution in [3.05, 3.63) is 220 Å². The molecule has 4 aliphatic rings. The molecule has 0 saturated carbocycles. The maximum atomic E-state index is 2.60. The molecule has 278 valence electrons. The molecule has 1 spiro atoms. The number of benzene rings is 8. The molecular formula is C57H45N. The van der Waals surface area contributed by atoms with Crippen molar-refractivity contribution < 1.29 is 0 Å². The Morgan fingerprint density at radius 3 is 1.43 bits per heavy atom. The highest BCUT2D eigenvalue weighted by Crippen LogP contribution is 2.64. The van der Waals surface area contributed by atoms with Crippen molar-refractivity contribution >= 4 is 17.1 Å². The SMILES string of the molecule is c1ccc(-c2ccc(N(c3ccc4c(c3)CCCC4)c3cc4c(cc3-c3ccc5c(c3)CCCC5)-c3ccccc3C43c4ccccc4-c4ccccc43)cc2)cc1. The molecule has 0 bridgehead atoms. The average molecular weight is 744 g/mol. The van der Waals surface area contributed by atoms with Gasteiger partial charge in [0.2, 0.25) is 0 Å². The molecule has 12 rings (SSSR count). The van der Waals surface area contributed by atoms with Gasteiger partial charge in [0.15, 0.2) is 0 Å². The van der Waals surface area contributed by atoms with Crippen LogP contribution in [0, 0.1) is 0 Å². The van der Waals surface area contributed by atoms with E-state index in [0.717, 1.165) is 12.8 Å². The van der Waals surface area contributed by atoms with Gasteiger partial charge in [-0.1, -0.05) is 140 Å². The van der Waals surface area contributed by atoms with E-state index in [-0.39, 0.29) is 0 Å². The molecule has 0 heterocycles. The van der Waals surface area contributed by atoms with Crippen molar-refractivity contribution in [3.8, 4) is 44.5 Å². The zero-order valence-corrected chi connectivity index (χ0v) is 32.8. The van der Waals surface area contributed by atoms with Gasteiger partial charge in [-0.05, 0) is 171 Å². The molecule has 1 heteroatoms. The van der Waals surface area contributed by atoms with E-state index >= 15 is 0 Å². The lowest BCUT2D eigenvalue weighted by Gasteiger charge is -2.34. The molecule has 0 aromatic heterocycles. The molecule has 58 heavy (non-hydrogen) atoms. The van der Waals surface area contributed by atoms with E-state index in [1.165, 1.54) is 145 Å². The Kier molecular flexibility index (Phi) is 7.73. The van der Waals surface area contributed by atoms with Gasteiger partial charge in [-0.2, -0.15) is 0 Å². The van der Waals surface area contributed by atoms with Crippen LogP contribution >= 0.6 is 0 Å². The fourth-order valence-corrected chi connectivity index (χ4v) is 11.2. The monoisotopic (exact) mass is 743 g/mol. The lowest BCUT2D eigenvalue weighted by molar-refractivity contribution is 0.685. The Morgan fingerprint density at radius 1 is 0.310 bits per heavy atom. The second-order valence-electron chi connectivity index (χ2n) is 16.9. The predicted molar refractivity (Wildman–Crippen MR) is 242 cm³/mol. The van der Waals surface area contributed by atoms with E-state index < -0.39 is 5.41 Å². The van der Waals surface area contributed by atoms with E-state index in [9.17, 15) is 0 Å². The van der Waals surface area contributed by atoms with Gasteiger partial charge in [0, 0.05) is 16.9 Å². The van der Waals surface area contributed by atoms with Crippen LogP contribution in [-0.2, 0) is 31.1 Å². The lowest BCUT2D eigenvalue weighted by Crippen LogP contribution is -2.26. The summed E-state index contributed by atoms with van der Waals surface area (Å²) >= 11 is 0. The van der Waals surface area contributed by atoms with Crippen LogP contribution in [0.2, 0.25) is 0 Å². The van der Waals surface area contributed by atoms with E-state index in [2.05, 4.69) is 181 Å². The molecule has 0 atom stereocenters. The predicted octanol–water partition coefficient (Wildman–Crippen LogP) is 14.6. The maximum absolute atomic E-state index is 2.60. The Balaban J connectivity index is 1.17. The number of hydrogen-bond donors (Lipinski definition) is 0. The minimum Gasteiger partial charge on any atom is -0.310 e. The number of aryl methyl sites for hydroxylation is 4. The second-order valence-corrected chi connectivity index (χ2v) is 16.9. The number of rotatable bonds is 5. The summed E-state index contributed by atoms with van der Waals surface area (Å²) in [5.41, 5.74) is 25.1. The molecular weight excluding hydrogens is 699 g/mol. The minimum absolute atomic E-state index is 0.430. The minimum atomic E-state index is -0.430. The number of nitrogens with zero attached hydrogens (tertiary/aromatic N) is 1. The number of hydrogen-bond acceptors (Lipinski definition) is 1. The fourth-order valence-electron chi connectivity index (χ4n) is 11.2. The van der Waals surface area contributed by atoms with Crippen LogP contribution in [0.4, 0.5) is 17.1 Å². The van der Waals surface area contributed by atoms with Crippen molar-refractivity contribution in [1.29, 1.82) is 0 Å². The van der Waals surface area contributed by atoms with Gasteiger partial charge in [0.05, 0.1) is 11.1 Å². The Morgan fingerprint density at radius 2 is 0.793 bits per heavy atom. The van der Waals surface area contributed by atoms with Gasteiger partial charge in [0.1, 0.15) is 0 Å². The van der Waals surface area contributed by atoms with Crippen LogP contribution in [0.25, 0.3) is 44.5 Å². The lowest BCUT2D eigenvalue weighted by atomic mass is 9.70. The van der Waals surface area contributed by atoms with Crippen LogP contribution in [-0.4, -0.2) is 0 Å². The van der Waals surface area contributed by atoms with Crippen molar-refractivity contribution in [2.75, 3.05) is 4.90 Å². The normalized spacial score (nSPS) is 15.2. The molecule has 0 unspecified atom stereocenters. The Bertz CT molecular complexity index is 2850. The molecule has 4 aliphatic carbocycles. The summed E-state index contributed by atoms with van der Waals surface area (Å²) in [5, 5.41) is 0. The first kappa shape index (κ1) is 33.7. The zero-order valence-electron chi connectivity index (χ0n) is 32.8. The van der Waals surface area contributed by atoms with Crippen molar-refractivity contribution in [2.24, 2.45) is 0 Å². The maximum Gasteiger partial charge on any atom is 0.0726 e. The van der Waals surface area contributed by atoms with Crippen molar-refractivity contribution in [3.63, 3.8) is 0 Å². The zero-order chi connectivity index (χ0) is 38.2. The number of fused-ring (bicyclic) bond motifs is 12. The summed E-state index contributed by atoms with van der Waals surface area (Å²) in [6.07, 6.45) is 9.70. The molecule has 0 fully saturated rings. The first-order valence-corrected chi connectivity index (χ1v) is 21.4. The Labute approximate surface area is 342 Å². The summed E-state index contributed by atoms with van der Waals surface area (Å²) in [7, 11) is 0. The van der Waals surface area contributed by atoms with Crippen molar-refractivity contribution in [1.82, 2.24) is 0 Å². The van der Waals surface area contributed by atoms with Crippen molar-refractivity contribution in [2.45, 2.75) is 56.8 Å². The van der Waals surface area contributed by atoms with Crippen LogP contribution in [0.5, 0.6) is 0 Å². The highest BCUT2D eigenvalue weighted by atomic mass is 15.1. The third-order valence-electron chi connectivity index (χ3n) is 13.8. The van der Waals surface area contributed by atoms with Crippen LogP contribution in [0.1, 0.15) is 70.2 Å². The molecule has 8 aromatic rings. The molecule has 0 aliphatic heterocycles. The molecule has 0 N–H and O–H groups in total. The van der Waals surface area contributed by atoms with Gasteiger partial charge < -0.3 is 4.90 Å². The first-order chi connectivity index (χ1) is 28.8. The quantitative estimate of drug-likeness (QED) is 0.170. The van der Waals surface area contributed by atoms with E-state index in [4.69, 9.17) is 0 Å². The molecule has 0 saturated heterocycles. The standard InChI is InChI=1S/C57H45N/c1-2-14-38(15-3-1)41-28-31-45(32-29-41)58(46-33-30-40-17-5-7-19-43(40)35-46)56-37-55-51(36-50(56)44-27-26-39-16-4-6-18-42(39)34-44)49-22-10-13-25-54(49)57(55)52-23-11-8-20-47(52)48-21-9-12-24-53(48)57/h1-3,8-15,20-37H,4-7,16-19H2. The largest absolute Gasteiger partial charge is 0.310 e. The van der Waals surface area contributed by atoms with E-state index in [1.54, 1.807) is 0 Å². The van der Waals surface area contributed by atoms with Gasteiger partial charge in [-0.3, -0.25) is 0 Å². The summed E-state index contributed by atoms with van der Waals surface area (Å²) in [6.45, 7) is 0. The topological polar surface area (TPSA) is 3.24 Å². The summed E-state index contributed by atoms with van der Waals surface area (Å²) in [4.78, 5) is 2.59. The smallest absolute Gasteiger partial charge is 0.0726 e. The van der Waals surface area contributed by atoms with Gasteiger partial charge in [-0.25, -0.2) is 0 Å². The summed E-state index contributed by atoms with van der Waals surface area (Å²) in [6, 6.07) is 67.5. The molecule has 1 nitrogen and oxygen atoms in total. The highest BCUT2D eigenvalue weighted by Gasteiger charge is 2.52. The highest BCUT2D eigenvalue weighted by molar-refractivity contribution is 6.00. The van der Waals surface area contributed by atoms with E-state index in [0.29, 0.717) is 0 Å². The fraction of sp³-hybridized carbons (Fsp3) is 0.158. The Hall–Kier alpha value is -6.44. The van der Waals surface area contributed by atoms with Gasteiger partial charge in [0.25, 0.3) is 0 Å². The van der Waals surface area contributed by atoms with Crippen LogP contribution < -0.4 is 4.90 Å². The molecule has 0 amide bonds. The van der Waals surface area contributed by atoms with Gasteiger partial charge >= 0.3 is 0 Å². The summed E-state index contributed by atoms with van der Waals surface area (Å²) < 4.78 is 0. The van der Waals surface area contributed by atoms with Gasteiger partial charge in [-0.15, -0.1) is 0 Å². The van der Waals surface area contributed by atoms with Crippen LogP contribution in [0.3, 0.4) is 0 Å². The third kappa shape index (κ3) is 5.02. The average Bonchev–Trinajstić information content (AvgIpc) is 3.76. The molecule has 0 radical (unpaired) electrons. The van der Waals surface area contributed by atoms with Crippen LogP contribution in [0.15, 0.2) is 176 Å². The summed E-state index contributed by atoms with van der Waals surface area (Å²) in [5.74, 6) is 0. The third-order valence-corrected chi connectivity index (χ3v) is 13.8. The van der Waals surface area contributed by atoms with E-state index in [1.807, 2.05) is 0 Å². The second kappa shape index (κ2) is 13.3.